The van der Waals surface area contributed by atoms with E-state index in [-0.39, 0.29) is 0 Å². The number of benzene rings is 1. The van der Waals surface area contributed by atoms with Crippen molar-refractivity contribution in [1.29, 1.82) is 0 Å². The monoisotopic (exact) mass is 383 g/mol. The van der Waals surface area contributed by atoms with Crippen molar-refractivity contribution < 1.29 is 14.6 Å². The van der Waals surface area contributed by atoms with Crippen molar-refractivity contribution in [2.75, 3.05) is 38.8 Å². The largest absolute Gasteiger partial charge is 0.561 e. The van der Waals surface area contributed by atoms with Crippen LogP contribution in [0.1, 0.15) is 48.5 Å². The quantitative estimate of drug-likeness (QED) is 0.647. The van der Waals surface area contributed by atoms with Crippen LogP contribution in [-0.2, 0) is 4.74 Å². The van der Waals surface area contributed by atoms with Gasteiger partial charge in [-0.15, -0.1) is 0 Å². The fraction of sp³-hybridized carbons (Fsp3) is 0.650. The lowest BCUT2D eigenvalue weighted by molar-refractivity contribution is 0.0696. The topological polar surface area (TPSA) is 55.7 Å². The minimum Gasteiger partial charge on any atom is -0.561 e. The molecule has 1 aromatic rings. The van der Waals surface area contributed by atoms with Gasteiger partial charge in [0, 0.05) is 47.8 Å². The van der Waals surface area contributed by atoms with Crippen LogP contribution in [-0.4, -0.2) is 61.9 Å². The van der Waals surface area contributed by atoms with Crippen molar-refractivity contribution in [2.24, 2.45) is 0 Å². The number of methoxy groups -OCH3 is 1. The zero-order valence-electron chi connectivity index (χ0n) is 16.3. The second kappa shape index (κ2) is 9.58. The maximum absolute atomic E-state index is 11.6. The molecule has 2 rings (SSSR count). The van der Waals surface area contributed by atoms with E-state index in [9.17, 15) is 4.79 Å². The van der Waals surface area contributed by atoms with Gasteiger partial charge in [0.2, 0.25) is 0 Å². The van der Waals surface area contributed by atoms with Crippen molar-refractivity contribution in [3.8, 4) is 0 Å². The van der Waals surface area contributed by atoms with Gasteiger partial charge in [-0.2, -0.15) is 0 Å². The minimum atomic E-state index is -0.675. The standard InChI is InChI=1S/C20H31ClN2O3/c1-5-23(19-13-15(21)12-18(14(19)2)20(24)25)17-8-6-16(7-9-17)22(3)10-11-26-4/h12-13,16-17H,5-11H2,1-4H3,(H,24,25)/p+1. The van der Waals surface area contributed by atoms with Crippen LogP contribution in [0.25, 0.3) is 0 Å². The lowest BCUT2D eigenvalue weighted by atomic mass is 9.88. The number of anilines is 1. The Morgan fingerprint density at radius 2 is 1.88 bits per heavy atom. The molecule has 5 nitrogen and oxygen atoms in total. The van der Waals surface area contributed by atoms with Crippen molar-refractivity contribution in [1.82, 2.24) is 4.90 Å². The molecule has 1 fully saturated rings. The summed E-state index contributed by atoms with van der Waals surface area (Å²) in [6, 6.07) is 4.58. The number of halogens is 1. The van der Waals surface area contributed by atoms with E-state index < -0.39 is 5.97 Å². The highest BCUT2D eigenvalue weighted by Crippen LogP contribution is 2.34. The third-order valence-electron chi connectivity index (χ3n) is 5.62. The molecule has 0 saturated heterocycles. The number of likely N-dealkylation sites (N-methyl/N-ethyl adjacent to an activating group) is 1. The molecular formula is C20H32ClN2O3+. The molecule has 0 bridgehead atoms. The zero-order valence-corrected chi connectivity index (χ0v) is 17.1. The highest BCUT2D eigenvalue weighted by atomic mass is 35.5. The predicted molar refractivity (Wildman–Crippen MR) is 108 cm³/mol. The van der Waals surface area contributed by atoms with Gasteiger partial charge in [-0.25, -0.2) is 0 Å². The number of rotatable bonds is 8. The van der Waals surface area contributed by atoms with Gasteiger partial charge < -0.3 is 19.6 Å². The molecule has 1 saturated carbocycles. The Morgan fingerprint density at radius 1 is 1.27 bits per heavy atom. The maximum atomic E-state index is 11.6. The number of nitrogens with zero attached hydrogens (tertiary/aromatic N) is 2. The van der Waals surface area contributed by atoms with Crippen LogP contribution in [0.2, 0.25) is 5.02 Å². The van der Waals surface area contributed by atoms with Crippen LogP contribution in [0.15, 0.2) is 12.1 Å². The Hall–Kier alpha value is -1.30. The predicted octanol–water partition coefficient (Wildman–Crippen LogP) is 3.23. The van der Waals surface area contributed by atoms with E-state index in [0.717, 1.165) is 56.6 Å². The molecule has 0 spiro atoms. The molecule has 0 aliphatic heterocycles. The van der Waals surface area contributed by atoms with Crippen molar-refractivity contribution in [2.45, 2.75) is 51.6 Å². The normalized spacial score (nSPS) is 20.4. The van der Waals surface area contributed by atoms with Crippen molar-refractivity contribution in [3.05, 3.63) is 28.3 Å². The summed E-state index contributed by atoms with van der Waals surface area (Å²) in [5.74, 6) is -0.675. The Morgan fingerprint density at radius 3 is 2.42 bits per heavy atom. The Labute approximate surface area is 161 Å². The van der Waals surface area contributed by atoms with Gasteiger partial charge in [0.05, 0.1) is 6.61 Å². The number of carbonyl (C=O) groups excluding carboxylic acids is 1. The van der Waals surface area contributed by atoms with Gasteiger partial charge >= 0.3 is 5.97 Å². The van der Waals surface area contributed by atoms with Gasteiger partial charge in [-0.3, -0.25) is 0 Å². The molecule has 0 aromatic heterocycles. The van der Waals surface area contributed by atoms with Crippen LogP contribution >= 0.6 is 11.6 Å². The SMILES string of the molecule is CCN(c1cc(Cl)cc(C(=O)[OH2+])c1C)C1CCC(N(C)CCOC)CC1. The summed E-state index contributed by atoms with van der Waals surface area (Å²) in [6.45, 7) is 6.65. The summed E-state index contributed by atoms with van der Waals surface area (Å²) in [4.78, 5) is 16.4. The number of ether oxygens (including phenoxy) is 1. The molecule has 6 heteroatoms. The molecule has 26 heavy (non-hydrogen) atoms. The Balaban J connectivity index is 2.12. The lowest BCUT2D eigenvalue weighted by Crippen LogP contribution is -2.44. The Bertz CT molecular complexity index is 615. The van der Waals surface area contributed by atoms with Crippen LogP contribution < -0.4 is 4.90 Å². The number of carbonyl (C=O) groups is 1. The molecule has 2 N–H and O–H groups in total. The molecule has 0 amide bonds. The first-order chi connectivity index (χ1) is 12.4. The molecular weight excluding hydrogens is 352 g/mol. The summed E-state index contributed by atoms with van der Waals surface area (Å²) >= 11 is 6.24. The highest BCUT2D eigenvalue weighted by molar-refractivity contribution is 6.31. The summed E-state index contributed by atoms with van der Waals surface area (Å²) in [5, 5.41) is 8.01. The van der Waals surface area contributed by atoms with Gasteiger partial charge in [0.1, 0.15) is 5.56 Å². The third kappa shape index (κ3) is 4.90. The maximum Gasteiger partial charge on any atom is 0.549 e. The molecule has 0 radical (unpaired) electrons. The summed E-state index contributed by atoms with van der Waals surface area (Å²) in [5.41, 5.74) is 2.25. The first kappa shape index (κ1) is 21.0. The van der Waals surface area contributed by atoms with Crippen molar-refractivity contribution in [3.63, 3.8) is 0 Å². The second-order valence-electron chi connectivity index (χ2n) is 7.15. The van der Waals surface area contributed by atoms with E-state index in [1.54, 1.807) is 13.2 Å². The molecule has 1 aliphatic carbocycles. The molecule has 146 valence electrons. The van der Waals surface area contributed by atoms with Crippen LogP contribution in [0.4, 0.5) is 5.69 Å². The van der Waals surface area contributed by atoms with E-state index in [0.29, 0.717) is 22.7 Å². The minimum absolute atomic E-state index is 0.402. The van der Waals surface area contributed by atoms with Crippen molar-refractivity contribution >= 4 is 23.3 Å². The lowest BCUT2D eigenvalue weighted by Gasteiger charge is -2.41. The van der Waals surface area contributed by atoms with E-state index in [1.165, 1.54) is 0 Å². The average Bonchev–Trinajstić information content (AvgIpc) is 2.63. The molecule has 0 unspecified atom stereocenters. The first-order valence-electron chi connectivity index (χ1n) is 9.40. The zero-order chi connectivity index (χ0) is 19.3. The third-order valence-corrected chi connectivity index (χ3v) is 5.84. The smallest absolute Gasteiger partial charge is 0.549 e. The van der Waals surface area contributed by atoms with Gasteiger partial charge in [0.25, 0.3) is 0 Å². The highest BCUT2D eigenvalue weighted by Gasteiger charge is 2.29. The van der Waals surface area contributed by atoms with Crippen LogP contribution in [0.3, 0.4) is 0 Å². The number of hydrogen-bond donors (Lipinski definition) is 0. The average molecular weight is 384 g/mol. The van der Waals surface area contributed by atoms with Gasteiger partial charge in [-0.1, -0.05) is 11.6 Å². The summed E-state index contributed by atoms with van der Waals surface area (Å²) in [6.07, 6.45) is 4.55. The van der Waals surface area contributed by atoms with Crippen LogP contribution in [0.5, 0.6) is 0 Å². The van der Waals surface area contributed by atoms with E-state index in [1.807, 2.05) is 13.0 Å². The van der Waals surface area contributed by atoms with E-state index in [2.05, 4.69) is 23.8 Å². The fourth-order valence-corrected chi connectivity index (χ4v) is 4.27. The Kier molecular flexibility index (Phi) is 7.74. The summed E-state index contributed by atoms with van der Waals surface area (Å²) < 4.78 is 5.19. The van der Waals surface area contributed by atoms with E-state index in [4.69, 9.17) is 21.4 Å². The molecule has 0 atom stereocenters. The first-order valence-corrected chi connectivity index (χ1v) is 9.78. The molecule has 1 aromatic carbocycles. The second-order valence-corrected chi connectivity index (χ2v) is 7.58. The molecule has 0 heterocycles. The van der Waals surface area contributed by atoms with Gasteiger partial charge in [-0.05, 0) is 64.3 Å². The van der Waals surface area contributed by atoms with E-state index >= 15 is 0 Å². The van der Waals surface area contributed by atoms with Crippen LogP contribution in [0, 0.1) is 6.92 Å². The molecule has 1 aliphatic rings. The summed E-state index contributed by atoms with van der Waals surface area (Å²) in [7, 11) is 3.92. The number of hydrogen-bond acceptors (Lipinski definition) is 4. The fourth-order valence-electron chi connectivity index (χ4n) is 4.05. The van der Waals surface area contributed by atoms with Gasteiger partial charge in [0.15, 0.2) is 0 Å².